The highest BCUT2D eigenvalue weighted by Gasteiger charge is 2.05. The van der Waals surface area contributed by atoms with Gasteiger partial charge in [-0.25, -0.2) is 4.79 Å². The highest BCUT2D eigenvalue weighted by Crippen LogP contribution is 2.17. The second-order valence-corrected chi connectivity index (χ2v) is 6.11. The second kappa shape index (κ2) is 7.70. The molecule has 3 N–H and O–H groups in total. The van der Waals surface area contributed by atoms with Crippen LogP contribution in [0.15, 0.2) is 48.7 Å². The largest absolute Gasteiger partial charge is 0.447 e. The second-order valence-electron chi connectivity index (χ2n) is 6.11. The third-order valence-corrected chi connectivity index (χ3v) is 3.78. The Bertz CT molecular complexity index is 840. The molecule has 0 bridgehead atoms. The van der Waals surface area contributed by atoms with Crippen molar-refractivity contribution in [1.82, 2.24) is 15.5 Å². The van der Waals surface area contributed by atoms with Gasteiger partial charge in [0.05, 0.1) is 17.8 Å². The number of H-pyrrole nitrogens is 1. The Morgan fingerprint density at radius 3 is 2.72 bits per heavy atom. The molecule has 6 heteroatoms. The smallest absolute Gasteiger partial charge is 0.407 e. The monoisotopic (exact) mass is 338 g/mol. The third kappa shape index (κ3) is 4.50. The van der Waals surface area contributed by atoms with Crippen molar-refractivity contribution < 1.29 is 9.53 Å². The first kappa shape index (κ1) is 16.8. The molecule has 130 valence electrons. The summed E-state index contributed by atoms with van der Waals surface area (Å²) < 4.78 is 5.04. The molecule has 0 aliphatic heterocycles. The minimum Gasteiger partial charge on any atom is -0.447 e. The summed E-state index contributed by atoms with van der Waals surface area (Å²) >= 11 is 0. The summed E-state index contributed by atoms with van der Waals surface area (Å²) in [6.45, 7) is 4.80. The first-order valence-corrected chi connectivity index (χ1v) is 8.30. The van der Waals surface area contributed by atoms with Crippen LogP contribution in [0, 0.1) is 0 Å². The van der Waals surface area contributed by atoms with Crippen LogP contribution in [0.25, 0.3) is 10.9 Å². The van der Waals surface area contributed by atoms with E-state index in [0.717, 1.165) is 27.7 Å². The Kier molecular flexibility index (Phi) is 5.18. The molecule has 3 rings (SSSR count). The van der Waals surface area contributed by atoms with Crippen molar-refractivity contribution >= 4 is 22.7 Å². The molecule has 3 aromatic rings. The minimum atomic E-state index is -0.398. The number of aromatic nitrogens is 2. The molecule has 0 spiro atoms. The number of nitrogens with zero attached hydrogens (tertiary/aromatic N) is 1. The van der Waals surface area contributed by atoms with E-state index < -0.39 is 6.09 Å². The highest BCUT2D eigenvalue weighted by atomic mass is 16.6. The van der Waals surface area contributed by atoms with E-state index in [1.54, 1.807) is 0 Å². The van der Waals surface area contributed by atoms with Crippen LogP contribution in [0.1, 0.15) is 25.0 Å². The van der Waals surface area contributed by atoms with Crippen LogP contribution < -0.4 is 10.6 Å². The number of amides is 1. The van der Waals surface area contributed by atoms with E-state index in [4.69, 9.17) is 4.74 Å². The van der Waals surface area contributed by atoms with Gasteiger partial charge in [-0.3, -0.25) is 5.10 Å². The number of alkyl carbamates (subject to hydrolysis) is 1. The molecule has 0 unspecified atom stereocenters. The number of hydrogen-bond acceptors (Lipinski definition) is 4. The van der Waals surface area contributed by atoms with Crippen LogP contribution in [0.4, 0.5) is 10.5 Å². The number of nitrogens with one attached hydrogen (secondary N) is 3. The SMILES string of the molecule is CC(C)OC(=O)NCc1ccc(NCc2cccc3cn[nH]c23)cc1. The van der Waals surface area contributed by atoms with Crippen LogP contribution in [0.3, 0.4) is 0 Å². The first-order chi connectivity index (χ1) is 12.1. The fourth-order valence-electron chi connectivity index (χ4n) is 2.55. The van der Waals surface area contributed by atoms with Gasteiger partial charge in [0.1, 0.15) is 0 Å². The number of aromatic amines is 1. The fourth-order valence-corrected chi connectivity index (χ4v) is 2.55. The Morgan fingerprint density at radius 2 is 1.96 bits per heavy atom. The summed E-state index contributed by atoms with van der Waals surface area (Å²) in [5.41, 5.74) is 4.25. The van der Waals surface area contributed by atoms with E-state index in [-0.39, 0.29) is 6.10 Å². The molecule has 1 aromatic heterocycles. The van der Waals surface area contributed by atoms with Crippen molar-refractivity contribution in [2.45, 2.75) is 33.0 Å². The number of hydrogen-bond donors (Lipinski definition) is 3. The molecule has 0 radical (unpaired) electrons. The van der Waals surface area contributed by atoms with Crippen molar-refractivity contribution in [3.05, 3.63) is 59.8 Å². The van der Waals surface area contributed by atoms with Crippen LogP contribution in [0.2, 0.25) is 0 Å². The molecule has 0 saturated heterocycles. The van der Waals surface area contributed by atoms with Gasteiger partial charge < -0.3 is 15.4 Å². The number of carbonyl (C=O) groups excluding carboxylic acids is 1. The number of ether oxygens (including phenoxy) is 1. The molecule has 0 fully saturated rings. The van der Waals surface area contributed by atoms with E-state index in [9.17, 15) is 4.79 Å². The predicted molar refractivity (Wildman–Crippen MR) is 98.3 cm³/mol. The van der Waals surface area contributed by atoms with Crippen LogP contribution in [-0.4, -0.2) is 22.4 Å². The number of anilines is 1. The number of benzene rings is 2. The summed E-state index contributed by atoms with van der Waals surface area (Å²) in [4.78, 5) is 11.5. The van der Waals surface area contributed by atoms with Crippen molar-refractivity contribution in [3.63, 3.8) is 0 Å². The zero-order valence-electron chi connectivity index (χ0n) is 14.4. The van der Waals surface area contributed by atoms with Gasteiger partial charge >= 0.3 is 6.09 Å². The van der Waals surface area contributed by atoms with Gasteiger partial charge in [-0.1, -0.05) is 30.3 Å². The van der Waals surface area contributed by atoms with Gasteiger partial charge in [0.2, 0.25) is 0 Å². The van der Waals surface area contributed by atoms with Gasteiger partial charge in [-0.05, 0) is 37.1 Å². The quantitative estimate of drug-likeness (QED) is 0.638. The standard InChI is InChI=1S/C19H22N4O2/c1-13(2)25-19(24)21-10-14-6-8-17(9-7-14)20-11-15-4-3-5-16-12-22-23-18(15)16/h3-9,12-13,20H,10-11H2,1-2H3,(H,21,24)(H,22,23). The van der Waals surface area contributed by atoms with E-state index >= 15 is 0 Å². The van der Waals surface area contributed by atoms with E-state index in [1.165, 1.54) is 0 Å². The maximum atomic E-state index is 11.5. The topological polar surface area (TPSA) is 79.0 Å². The normalized spacial score (nSPS) is 10.8. The lowest BCUT2D eigenvalue weighted by Crippen LogP contribution is -2.26. The zero-order valence-corrected chi connectivity index (χ0v) is 14.4. The Labute approximate surface area is 146 Å². The molecule has 0 saturated carbocycles. The van der Waals surface area contributed by atoms with E-state index in [2.05, 4.69) is 26.9 Å². The summed E-state index contributed by atoms with van der Waals surface area (Å²) in [5.74, 6) is 0. The van der Waals surface area contributed by atoms with E-state index in [0.29, 0.717) is 13.1 Å². The van der Waals surface area contributed by atoms with Gasteiger partial charge in [0, 0.05) is 24.2 Å². The Morgan fingerprint density at radius 1 is 1.16 bits per heavy atom. The van der Waals surface area contributed by atoms with Gasteiger partial charge in [-0.15, -0.1) is 0 Å². The van der Waals surface area contributed by atoms with Crippen LogP contribution >= 0.6 is 0 Å². The molecule has 25 heavy (non-hydrogen) atoms. The molecular weight excluding hydrogens is 316 g/mol. The van der Waals surface area contributed by atoms with Crippen LogP contribution in [-0.2, 0) is 17.8 Å². The fraction of sp³-hybridized carbons (Fsp3) is 0.263. The molecule has 6 nitrogen and oxygen atoms in total. The molecule has 0 aliphatic rings. The summed E-state index contributed by atoms with van der Waals surface area (Å²) in [6, 6.07) is 14.1. The van der Waals surface area contributed by atoms with Gasteiger partial charge in [-0.2, -0.15) is 5.10 Å². The summed E-state index contributed by atoms with van der Waals surface area (Å²) in [5, 5.41) is 14.4. The number of para-hydroxylation sites is 1. The lowest BCUT2D eigenvalue weighted by Gasteiger charge is -2.11. The number of fused-ring (bicyclic) bond motifs is 1. The highest BCUT2D eigenvalue weighted by molar-refractivity contribution is 5.81. The van der Waals surface area contributed by atoms with Crippen molar-refractivity contribution in [3.8, 4) is 0 Å². The lowest BCUT2D eigenvalue weighted by molar-refractivity contribution is 0.115. The Hall–Kier alpha value is -3.02. The molecular formula is C19H22N4O2. The predicted octanol–water partition coefficient (Wildman–Crippen LogP) is 3.81. The average molecular weight is 338 g/mol. The first-order valence-electron chi connectivity index (χ1n) is 8.30. The maximum absolute atomic E-state index is 11.5. The molecule has 0 atom stereocenters. The van der Waals surface area contributed by atoms with Gasteiger partial charge in [0.25, 0.3) is 0 Å². The third-order valence-electron chi connectivity index (χ3n) is 3.78. The molecule has 1 heterocycles. The summed E-state index contributed by atoms with van der Waals surface area (Å²) in [7, 11) is 0. The number of rotatable bonds is 6. The van der Waals surface area contributed by atoms with Gasteiger partial charge in [0.15, 0.2) is 0 Å². The van der Waals surface area contributed by atoms with E-state index in [1.807, 2.05) is 56.4 Å². The van der Waals surface area contributed by atoms with Crippen molar-refractivity contribution in [1.29, 1.82) is 0 Å². The lowest BCUT2D eigenvalue weighted by atomic mass is 10.1. The average Bonchev–Trinajstić information content (AvgIpc) is 3.08. The van der Waals surface area contributed by atoms with Crippen molar-refractivity contribution in [2.24, 2.45) is 0 Å². The van der Waals surface area contributed by atoms with Crippen LogP contribution in [0.5, 0.6) is 0 Å². The molecule has 0 aliphatic carbocycles. The number of carbonyl (C=O) groups is 1. The zero-order chi connectivity index (χ0) is 17.6. The summed E-state index contributed by atoms with van der Waals surface area (Å²) in [6.07, 6.45) is 1.31. The van der Waals surface area contributed by atoms with Crippen molar-refractivity contribution in [2.75, 3.05) is 5.32 Å². The minimum absolute atomic E-state index is 0.120. The molecule has 1 amide bonds. The maximum Gasteiger partial charge on any atom is 0.407 e. The molecule has 2 aromatic carbocycles. The Balaban J connectivity index is 1.54.